The molecule has 3 atom stereocenters. The van der Waals surface area contributed by atoms with Crippen molar-refractivity contribution in [1.29, 1.82) is 0 Å². The van der Waals surface area contributed by atoms with E-state index in [0.717, 1.165) is 46.3 Å². The number of para-hydroxylation sites is 1. The highest BCUT2D eigenvalue weighted by Gasteiger charge is 2.30. The maximum atomic E-state index is 12.5. The first-order valence-corrected chi connectivity index (χ1v) is 11.8. The zero-order valence-corrected chi connectivity index (χ0v) is 17.9. The molecule has 0 saturated carbocycles. The van der Waals surface area contributed by atoms with Crippen LogP contribution in [0.3, 0.4) is 0 Å². The van der Waals surface area contributed by atoms with Crippen LogP contribution in [0.4, 0.5) is 0 Å². The highest BCUT2D eigenvalue weighted by Crippen LogP contribution is 2.42. The lowest BCUT2D eigenvalue weighted by Crippen LogP contribution is -2.18. The average molecular weight is 430 g/mol. The van der Waals surface area contributed by atoms with E-state index in [1.165, 1.54) is 5.56 Å². The normalized spacial score (nSPS) is 22.2. The Morgan fingerprint density at radius 1 is 1.34 bits per heavy atom. The largest absolute Gasteiger partial charge is 0.481 e. The molecule has 0 bridgehead atoms. The number of fused-ring (bicyclic) bond motifs is 3. The number of aromatic nitrogens is 1. The predicted octanol–water partition coefficient (Wildman–Crippen LogP) is 4.93. The Bertz CT molecular complexity index is 1080. The van der Waals surface area contributed by atoms with Crippen LogP contribution in [-0.2, 0) is 28.6 Å². The van der Waals surface area contributed by atoms with Crippen molar-refractivity contribution in [3.63, 3.8) is 0 Å². The molecule has 0 fully saturated rings. The molecule has 4 rings (SSSR count). The van der Waals surface area contributed by atoms with Crippen LogP contribution < -0.4 is 0 Å². The van der Waals surface area contributed by atoms with Crippen molar-refractivity contribution >= 4 is 39.3 Å². The van der Waals surface area contributed by atoms with Crippen LogP contribution in [0.5, 0.6) is 0 Å². The Kier molecular flexibility index (Phi) is 5.79. The first-order valence-electron chi connectivity index (χ1n) is 9.84. The number of carbonyl (C=O) groups is 1. The quantitative estimate of drug-likeness (QED) is 0.685. The van der Waals surface area contributed by atoms with E-state index in [-0.39, 0.29) is 17.7 Å². The average Bonchev–Trinajstić information content (AvgIpc) is 2.85. The molecule has 2 aliphatic rings. The minimum atomic E-state index is -1.14. The smallest absolute Gasteiger partial charge is 0.304 e. The first kappa shape index (κ1) is 20.2. The lowest BCUT2D eigenvalue weighted by molar-refractivity contribution is -0.137. The van der Waals surface area contributed by atoms with E-state index in [2.05, 4.69) is 10.6 Å². The van der Waals surface area contributed by atoms with Crippen LogP contribution >= 0.6 is 11.6 Å². The molecule has 29 heavy (non-hydrogen) atoms. The second kappa shape index (κ2) is 8.33. The van der Waals surface area contributed by atoms with Crippen LogP contribution in [0.1, 0.15) is 36.4 Å². The SMILES string of the molecule is CS(=O)c1cccc2c3c(n(CC4=CC=CC(Cl)C=C4)c12)[C@@H](CC(=O)O)CCC3. The molecule has 2 unspecified atom stereocenters. The molecule has 1 aromatic heterocycles. The molecule has 0 radical (unpaired) electrons. The van der Waals surface area contributed by atoms with Crippen LogP contribution in [0.25, 0.3) is 10.9 Å². The summed E-state index contributed by atoms with van der Waals surface area (Å²) in [6, 6.07) is 5.95. The summed E-state index contributed by atoms with van der Waals surface area (Å²) < 4.78 is 14.7. The fourth-order valence-electron chi connectivity index (χ4n) is 4.57. The number of benzene rings is 1. The number of aryl methyl sites for hydroxylation is 1. The van der Waals surface area contributed by atoms with E-state index in [1.54, 1.807) is 6.26 Å². The summed E-state index contributed by atoms with van der Waals surface area (Å²) in [5.41, 5.74) is 4.37. The van der Waals surface area contributed by atoms with E-state index in [4.69, 9.17) is 11.6 Å². The van der Waals surface area contributed by atoms with Gasteiger partial charge in [0.2, 0.25) is 0 Å². The van der Waals surface area contributed by atoms with E-state index in [9.17, 15) is 14.1 Å². The standard InChI is InChI=1S/C23H24ClNO3S/c1-29(28)20-10-4-9-19-18-8-3-6-16(13-21(26)27)22(18)25(23(19)20)14-15-5-2-7-17(24)12-11-15/h2,4-5,7,9-12,16-17H,3,6,8,13-14H2,1H3,(H,26,27)/t16-,17?,29?/m1/s1. The van der Waals surface area contributed by atoms with Crippen molar-refractivity contribution in [3.8, 4) is 0 Å². The number of aliphatic carboxylic acids is 1. The van der Waals surface area contributed by atoms with Gasteiger partial charge in [-0.05, 0) is 36.5 Å². The fourth-order valence-corrected chi connectivity index (χ4v) is 5.49. The van der Waals surface area contributed by atoms with Crippen LogP contribution in [0, 0.1) is 0 Å². The summed E-state index contributed by atoms with van der Waals surface area (Å²) >= 11 is 6.21. The zero-order valence-electron chi connectivity index (χ0n) is 16.3. The highest BCUT2D eigenvalue weighted by molar-refractivity contribution is 7.84. The maximum absolute atomic E-state index is 12.5. The third-order valence-electron chi connectivity index (χ3n) is 5.73. The van der Waals surface area contributed by atoms with Gasteiger partial charge in [0, 0.05) is 29.8 Å². The number of rotatable bonds is 5. The lowest BCUT2D eigenvalue weighted by atomic mass is 9.84. The summed E-state index contributed by atoms with van der Waals surface area (Å²) in [5, 5.41) is 10.4. The molecule has 0 saturated heterocycles. The highest BCUT2D eigenvalue weighted by atomic mass is 35.5. The molecule has 1 aromatic carbocycles. The molecule has 0 aliphatic heterocycles. The van der Waals surface area contributed by atoms with Gasteiger partial charge in [0.25, 0.3) is 0 Å². The zero-order chi connectivity index (χ0) is 20.5. The molecule has 1 heterocycles. The van der Waals surface area contributed by atoms with Crippen molar-refractivity contribution in [2.75, 3.05) is 6.26 Å². The number of halogens is 1. The Labute approximate surface area is 178 Å². The first-order chi connectivity index (χ1) is 14.0. The number of hydrogen-bond acceptors (Lipinski definition) is 2. The molecule has 1 N–H and O–H groups in total. The van der Waals surface area contributed by atoms with Crippen molar-refractivity contribution in [2.24, 2.45) is 0 Å². The van der Waals surface area contributed by atoms with Gasteiger partial charge >= 0.3 is 5.97 Å². The summed E-state index contributed by atoms with van der Waals surface area (Å²) in [6.07, 6.45) is 14.5. The van der Waals surface area contributed by atoms with Gasteiger partial charge in [0.15, 0.2) is 0 Å². The van der Waals surface area contributed by atoms with Crippen LogP contribution in [-0.4, -0.2) is 31.5 Å². The van der Waals surface area contributed by atoms with Crippen LogP contribution in [0.2, 0.25) is 0 Å². The van der Waals surface area contributed by atoms with Crippen molar-refractivity contribution < 1.29 is 14.1 Å². The Morgan fingerprint density at radius 3 is 2.93 bits per heavy atom. The van der Waals surface area contributed by atoms with Gasteiger partial charge < -0.3 is 9.67 Å². The Balaban J connectivity index is 1.94. The van der Waals surface area contributed by atoms with Gasteiger partial charge in [-0.15, -0.1) is 11.6 Å². The van der Waals surface area contributed by atoms with Crippen molar-refractivity contribution in [2.45, 2.75) is 48.4 Å². The van der Waals surface area contributed by atoms with Gasteiger partial charge in [0.05, 0.1) is 33.0 Å². The monoisotopic (exact) mass is 429 g/mol. The lowest BCUT2D eigenvalue weighted by Gasteiger charge is -2.25. The van der Waals surface area contributed by atoms with E-state index < -0.39 is 16.8 Å². The second-order valence-electron chi connectivity index (χ2n) is 7.67. The molecule has 152 valence electrons. The van der Waals surface area contributed by atoms with E-state index in [1.807, 2.05) is 42.5 Å². The minimum absolute atomic E-state index is 0.0338. The van der Waals surface area contributed by atoms with Gasteiger partial charge in [-0.3, -0.25) is 9.00 Å². The molecule has 0 amide bonds. The number of hydrogen-bond donors (Lipinski definition) is 1. The third-order valence-corrected chi connectivity index (χ3v) is 6.97. The second-order valence-corrected chi connectivity index (χ2v) is 9.53. The van der Waals surface area contributed by atoms with Crippen molar-refractivity contribution in [1.82, 2.24) is 4.57 Å². The van der Waals surface area contributed by atoms with Crippen LogP contribution in [0.15, 0.2) is 59.0 Å². The molecular weight excluding hydrogens is 406 g/mol. The van der Waals surface area contributed by atoms with Gasteiger partial charge in [-0.25, -0.2) is 0 Å². The number of carboxylic acids is 1. The summed E-state index contributed by atoms with van der Waals surface area (Å²) in [7, 11) is -1.14. The van der Waals surface area contributed by atoms with E-state index >= 15 is 0 Å². The summed E-state index contributed by atoms with van der Waals surface area (Å²) in [4.78, 5) is 12.3. The number of nitrogens with zero attached hydrogens (tertiary/aromatic N) is 1. The fraction of sp³-hybridized carbons (Fsp3) is 0.348. The maximum Gasteiger partial charge on any atom is 0.304 e. The number of allylic oxidation sites excluding steroid dienone is 6. The third kappa shape index (κ3) is 3.99. The van der Waals surface area contributed by atoms with Crippen molar-refractivity contribution in [3.05, 3.63) is 65.4 Å². The molecule has 2 aromatic rings. The predicted molar refractivity (Wildman–Crippen MR) is 118 cm³/mol. The number of alkyl halides is 1. The minimum Gasteiger partial charge on any atom is -0.481 e. The summed E-state index contributed by atoms with van der Waals surface area (Å²) in [5.74, 6) is -0.811. The Morgan fingerprint density at radius 2 is 2.17 bits per heavy atom. The number of carboxylic acid groups (broad SMARTS) is 1. The molecular formula is C23H24ClNO3S. The molecule has 6 heteroatoms. The van der Waals surface area contributed by atoms with E-state index in [0.29, 0.717) is 6.54 Å². The molecule has 0 spiro atoms. The van der Waals surface area contributed by atoms with Gasteiger partial charge in [-0.1, -0.05) is 42.5 Å². The van der Waals surface area contributed by atoms with Gasteiger partial charge in [-0.2, -0.15) is 0 Å². The van der Waals surface area contributed by atoms with Gasteiger partial charge in [0.1, 0.15) is 0 Å². The topological polar surface area (TPSA) is 59.3 Å². The molecule has 2 aliphatic carbocycles. The Hall–Kier alpha value is -2.11. The molecule has 4 nitrogen and oxygen atoms in total. The summed E-state index contributed by atoms with van der Waals surface area (Å²) in [6.45, 7) is 0.598.